The molecular weight excluding hydrogens is 261 g/mol. The first kappa shape index (κ1) is 12.4. The highest BCUT2D eigenvalue weighted by molar-refractivity contribution is 6.42. The van der Waals surface area contributed by atoms with Crippen LogP contribution in [0.3, 0.4) is 0 Å². The van der Waals surface area contributed by atoms with E-state index in [0.717, 1.165) is 5.56 Å². The third-order valence-corrected chi connectivity index (χ3v) is 3.25. The summed E-state index contributed by atoms with van der Waals surface area (Å²) in [5.74, 6) is 0.606. The van der Waals surface area contributed by atoms with E-state index in [2.05, 4.69) is 20.0 Å². The number of nitrogens with one attached hydrogen (secondary N) is 1. The average Bonchev–Trinajstić information content (AvgIpc) is 2.82. The van der Waals surface area contributed by atoms with Gasteiger partial charge >= 0.3 is 0 Å². The zero-order valence-electron chi connectivity index (χ0n) is 9.15. The highest BCUT2D eigenvalue weighted by atomic mass is 35.5. The summed E-state index contributed by atoms with van der Waals surface area (Å²) in [6, 6.07) is 5.62. The summed E-state index contributed by atoms with van der Waals surface area (Å²) in [5.41, 5.74) is 0.947. The average molecular weight is 272 g/mol. The van der Waals surface area contributed by atoms with Crippen LogP contribution in [0, 0.1) is 0 Å². The van der Waals surface area contributed by atoms with E-state index in [9.17, 15) is 0 Å². The van der Waals surface area contributed by atoms with Gasteiger partial charge in [-0.1, -0.05) is 40.5 Å². The maximum Gasteiger partial charge on any atom is 0.213 e. The van der Waals surface area contributed by atoms with Crippen LogP contribution in [0.15, 0.2) is 29.1 Å². The molecule has 0 saturated heterocycles. The van der Waals surface area contributed by atoms with Gasteiger partial charge in [0.1, 0.15) is 0 Å². The molecule has 2 aromatic rings. The highest BCUT2D eigenvalue weighted by Gasteiger charge is 2.12. The smallest absolute Gasteiger partial charge is 0.213 e. The molecule has 0 saturated carbocycles. The minimum absolute atomic E-state index is 0.0553. The van der Waals surface area contributed by atoms with E-state index in [0.29, 0.717) is 22.4 Å². The van der Waals surface area contributed by atoms with E-state index < -0.39 is 0 Å². The SMILES string of the molecule is CC(NCc1ncon1)c1cccc(Cl)c1Cl. The molecule has 1 heterocycles. The predicted molar refractivity (Wildman–Crippen MR) is 66.0 cm³/mol. The lowest BCUT2D eigenvalue weighted by molar-refractivity contribution is 0.405. The minimum atomic E-state index is 0.0553. The zero-order chi connectivity index (χ0) is 12.3. The van der Waals surface area contributed by atoms with Gasteiger partial charge < -0.3 is 9.84 Å². The summed E-state index contributed by atoms with van der Waals surface area (Å²) in [6.45, 7) is 2.51. The summed E-state index contributed by atoms with van der Waals surface area (Å²) in [7, 11) is 0. The molecule has 2 rings (SSSR count). The van der Waals surface area contributed by atoms with Crippen LogP contribution in [0.25, 0.3) is 0 Å². The Morgan fingerprint density at radius 3 is 2.94 bits per heavy atom. The molecular formula is C11H11Cl2N3O. The van der Waals surface area contributed by atoms with Gasteiger partial charge in [-0.15, -0.1) is 0 Å². The third kappa shape index (κ3) is 2.97. The maximum atomic E-state index is 6.13. The van der Waals surface area contributed by atoms with Crippen LogP contribution in [0.2, 0.25) is 10.0 Å². The van der Waals surface area contributed by atoms with Crippen LogP contribution >= 0.6 is 23.2 Å². The topological polar surface area (TPSA) is 51.0 Å². The molecule has 0 spiro atoms. The second kappa shape index (κ2) is 5.49. The molecule has 0 bridgehead atoms. The van der Waals surface area contributed by atoms with Crippen molar-refractivity contribution in [2.75, 3.05) is 0 Å². The quantitative estimate of drug-likeness (QED) is 0.928. The van der Waals surface area contributed by atoms with Crippen molar-refractivity contribution >= 4 is 23.2 Å². The van der Waals surface area contributed by atoms with Crippen LogP contribution in [0.1, 0.15) is 24.4 Å². The van der Waals surface area contributed by atoms with E-state index in [1.165, 1.54) is 6.39 Å². The highest BCUT2D eigenvalue weighted by Crippen LogP contribution is 2.29. The molecule has 1 atom stereocenters. The Morgan fingerprint density at radius 2 is 2.24 bits per heavy atom. The summed E-state index contributed by atoms with van der Waals surface area (Å²) in [6.07, 6.45) is 1.30. The predicted octanol–water partition coefficient (Wildman–Crippen LogP) is 3.23. The first-order chi connectivity index (χ1) is 8.18. The molecule has 0 aliphatic rings. The van der Waals surface area contributed by atoms with Crippen LogP contribution < -0.4 is 5.32 Å². The Labute approximate surface area is 109 Å². The first-order valence-corrected chi connectivity index (χ1v) is 5.86. The van der Waals surface area contributed by atoms with Crippen molar-refractivity contribution in [3.63, 3.8) is 0 Å². The Balaban J connectivity index is 2.04. The van der Waals surface area contributed by atoms with Crippen LogP contribution in [-0.4, -0.2) is 10.1 Å². The van der Waals surface area contributed by atoms with Crippen molar-refractivity contribution in [3.05, 3.63) is 46.0 Å². The lowest BCUT2D eigenvalue weighted by atomic mass is 10.1. The van der Waals surface area contributed by atoms with Crippen molar-refractivity contribution in [2.24, 2.45) is 0 Å². The van der Waals surface area contributed by atoms with Gasteiger partial charge in [-0.2, -0.15) is 4.98 Å². The van der Waals surface area contributed by atoms with Gasteiger partial charge in [0, 0.05) is 6.04 Å². The van der Waals surface area contributed by atoms with E-state index in [-0.39, 0.29) is 6.04 Å². The van der Waals surface area contributed by atoms with Gasteiger partial charge in [0.2, 0.25) is 6.39 Å². The van der Waals surface area contributed by atoms with Crippen molar-refractivity contribution in [1.82, 2.24) is 15.5 Å². The van der Waals surface area contributed by atoms with Crippen molar-refractivity contribution in [2.45, 2.75) is 19.5 Å². The normalized spacial score (nSPS) is 12.6. The number of benzene rings is 1. The van der Waals surface area contributed by atoms with Gasteiger partial charge in [0.15, 0.2) is 5.82 Å². The van der Waals surface area contributed by atoms with E-state index in [1.54, 1.807) is 6.07 Å². The molecule has 1 aromatic heterocycles. The summed E-state index contributed by atoms with van der Waals surface area (Å²) in [5, 5.41) is 8.08. The summed E-state index contributed by atoms with van der Waals surface area (Å²) < 4.78 is 4.65. The second-order valence-electron chi connectivity index (χ2n) is 3.59. The third-order valence-electron chi connectivity index (χ3n) is 2.42. The second-order valence-corrected chi connectivity index (χ2v) is 4.38. The van der Waals surface area contributed by atoms with Gasteiger partial charge in [0.25, 0.3) is 0 Å². The first-order valence-electron chi connectivity index (χ1n) is 5.11. The van der Waals surface area contributed by atoms with E-state index >= 15 is 0 Å². The van der Waals surface area contributed by atoms with Crippen LogP contribution in [0.5, 0.6) is 0 Å². The number of hydrogen-bond donors (Lipinski definition) is 1. The molecule has 0 amide bonds. The standard InChI is InChI=1S/C11H11Cl2N3O/c1-7(14-5-10-15-6-17-16-10)8-3-2-4-9(12)11(8)13/h2-4,6-7,14H,5H2,1H3. The molecule has 0 radical (unpaired) electrons. The molecule has 6 heteroatoms. The molecule has 90 valence electrons. The maximum absolute atomic E-state index is 6.13. The van der Waals surface area contributed by atoms with Crippen LogP contribution in [0.4, 0.5) is 0 Å². The Kier molecular flexibility index (Phi) is 3.99. The molecule has 1 N–H and O–H groups in total. The molecule has 1 aromatic carbocycles. The van der Waals surface area contributed by atoms with E-state index in [4.69, 9.17) is 23.2 Å². The van der Waals surface area contributed by atoms with Gasteiger partial charge in [-0.05, 0) is 18.6 Å². The van der Waals surface area contributed by atoms with Gasteiger partial charge in [-0.25, -0.2) is 0 Å². The molecule has 0 aliphatic heterocycles. The summed E-state index contributed by atoms with van der Waals surface area (Å²) >= 11 is 12.1. The monoisotopic (exact) mass is 271 g/mol. The largest absolute Gasteiger partial charge is 0.343 e. The Hall–Kier alpha value is -1.10. The summed E-state index contributed by atoms with van der Waals surface area (Å²) in [4.78, 5) is 3.92. The number of halogens is 2. The molecule has 4 nitrogen and oxygen atoms in total. The minimum Gasteiger partial charge on any atom is -0.343 e. The number of rotatable bonds is 4. The molecule has 0 aliphatic carbocycles. The van der Waals surface area contributed by atoms with E-state index in [1.807, 2.05) is 19.1 Å². The van der Waals surface area contributed by atoms with Crippen LogP contribution in [-0.2, 0) is 6.54 Å². The lowest BCUT2D eigenvalue weighted by Crippen LogP contribution is -2.19. The zero-order valence-corrected chi connectivity index (χ0v) is 10.7. The fraction of sp³-hybridized carbons (Fsp3) is 0.273. The van der Waals surface area contributed by atoms with Gasteiger partial charge in [-0.3, -0.25) is 0 Å². The van der Waals surface area contributed by atoms with Crippen molar-refractivity contribution in [3.8, 4) is 0 Å². The van der Waals surface area contributed by atoms with Crippen molar-refractivity contribution in [1.29, 1.82) is 0 Å². The van der Waals surface area contributed by atoms with Crippen molar-refractivity contribution < 1.29 is 4.52 Å². The fourth-order valence-corrected chi connectivity index (χ4v) is 1.95. The lowest BCUT2D eigenvalue weighted by Gasteiger charge is -2.15. The molecule has 1 unspecified atom stereocenters. The molecule has 17 heavy (non-hydrogen) atoms. The number of hydrogen-bond acceptors (Lipinski definition) is 4. The Bertz CT molecular complexity index is 487. The Morgan fingerprint density at radius 1 is 1.41 bits per heavy atom. The number of aromatic nitrogens is 2. The number of nitrogens with zero attached hydrogens (tertiary/aromatic N) is 2. The van der Waals surface area contributed by atoms with Gasteiger partial charge in [0.05, 0.1) is 16.6 Å². The fourth-order valence-electron chi connectivity index (χ4n) is 1.48. The molecule has 0 fully saturated rings.